The van der Waals surface area contributed by atoms with Crippen molar-refractivity contribution in [2.45, 2.75) is 37.7 Å². The number of fused-ring (bicyclic) bond motifs is 1. The number of hydrogen-bond acceptors (Lipinski definition) is 7. The third-order valence-corrected chi connectivity index (χ3v) is 8.26. The molecule has 0 aliphatic carbocycles. The summed E-state index contributed by atoms with van der Waals surface area (Å²) in [4.78, 5) is 29.7. The minimum Gasteiger partial charge on any atom is -0.456 e. The molecule has 0 spiro atoms. The van der Waals surface area contributed by atoms with Crippen LogP contribution in [-0.2, 0) is 21.4 Å². The highest BCUT2D eigenvalue weighted by Crippen LogP contribution is 2.26. The van der Waals surface area contributed by atoms with Crippen LogP contribution in [0, 0.1) is 6.92 Å². The standard InChI is InChI=1S/C20H20ClN3O5S2/c1-13-12-30-20-22-14(9-18(25)24(13)20)11-29-19(26)16-10-15(5-6-17(16)21)31(27,28)23-7-3-2-4-8-23/h5-6,9-10,12H,2-4,7-8,11H2,1H3. The van der Waals surface area contributed by atoms with E-state index < -0.39 is 16.0 Å². The molecular weight excluding hydrogens is 462 g/mol. The van der Waals surface area contributed by atoms with Gasteiger partial charge >= 0.3 is 5.97 Å². The molecule has 0 amide bonds. The molecule has 0 bridgehead atoms. The van der Waals surface area contributed by atoms with Gasteiger partial charge in [0, 0.05) is 30.2 Å². The number of ether oxygens (including phenoxy) is 1. The fraction of sp³-hybridized carbons (Fsp3) is 0.350. The van der Waals surface area contributed by atoms with Gasteiger partial charge in [-0.05, 0) is 38.0 Å². The highest BCUT2D eigenvalue weighted by atomic mass is 35.5. The van der Waals surface area contributed by atoms with Crippen molar-refractivity contribution >= 4 is 43.9 Å². The number of thiazole rings is 1. The minimum absolute atomic E-state index is 0.00222. The van der Waals surface area contributed by atoms with Crippen molar-refractivity contribution in [3.8, 4) is 0 Å². The van der Waals surface area contributed by atoms with Gasteiger partial charge in [-0.15, -0.1) is 11.3 Å². The second kappa shape index (κ2) is 8.70. The smallest absolute Gasteiger partial charge is 0.340 e. The molecule has 3 aromatic rings. The van der Waals surface area contributed by atoms with Crippen LogP contribution in [0.5, 0.6) is 0 Å². The number of halogens is 1. The Morgan fingerprint density at radius 2 is 1.97 bits per heavy atom. The molecule has 1 aliphatic rings. The number of nitrogens with zero attached hydrogens (tertiary/aromatic N) is 3. The summed E-state index contributed by atoms with van der Waals surface area (Å²) in [6.07, 6.45) is 2.62. The molecule has 3 heterocycles. The van der Waals surface area contributed by atoms with Crippen molar-refractivity contribution in [1.82, 2.24) is 13.7 Å². The van der Waals surface area contributed by atoms with Gasteiger partial charge in [-0.2, -0.15) is 4.31 Å². The predicted octanol–water partition coefficient (Wildman–Crippen LogP) is 3.25. The van der Waals surface area contributed by atoms with Crippen molar-refractivity contribution in [2.75, 3.05) is 13.1 Å². The van der Waals surface area contributed by atoms with Gasteiger partial charge in [0.25, 0.3) is 5.56 Å². The fourth-order valence-electron chi connectivity index (χ4n) is 3.47. The van der Waals surface area contributed by atoms with E-state index in [0.717, 1.165) is 25.0 Å². The van der Waals surface area contributed by atoms with Gasteiger partial charge in [-0.1, -0.05) is 18.0 Å². The quantitative estimate of drug-likeness (QED) is 0.519. The number of esters is 1. The lowest BCUT2D eigenvalue weighted by Crippen LogP contribution is -2.35. The van der Waals surface area contributed by atoms with E-state index in [4.69, 9.17) is 16.3 Å². The maximum absolute atomic E-state index is 12.9. The lowest BCUT2D eigenvalue weighted by Gasteiger charge is -2.26. The number of carbonyl (C=O) groups is 1. The van der Waals surface area contributed by atoms with Crippen LogP contribution in [0.1, 0.15) is 41.0 Å². The molecule has 0 atom stereocenters. The summed E-state index contributed by atoms with van der Waals surface area (Å²) in [6.45, 7) is 2.48. The SMILES string of the molecule is Cc1csc2nc(COC(=O)c3cc(S(=O)(=O)N4CCCCC4)ccc3Cl)cc(=O)n12. The summed E-state index contributed by atoms with van der Waals surface area (Å²) in [5, 5.41) is 1.90. The molecule has 1 aromatic carbocycles. The van der Waals surface area contributed by atoms with Gasteiger partial charge in [0.1, 0.15) is 6.61 Å². The molecule has 2 aromatic heterocycles. The largest absolute Gasteiger partial charge is 0.456 e. The van der Waals surface area contributed by atoms with Crippen LogP contribution in [0.2, 0.25) is 5.02 Å². The van der Waals surface area contributed by atoms with Crippen molar-refractivity contribution in [3.05, 3.63) is 62.0 Å². The van der Waals surface area contributed by atoms with Crippen LogP contribution in [-0.4, -0.2) is 41.2 Å². The van der Waals surface area contributed by atoms with Crippen LogP contribution < -0.4 is 5.56 Å². The highest BCUT2D eigenvalue weighted by Gasteiger charge is 2.27. The number of hydrogen-bond donors (Lipinski definition) is 0. The number of piperidine rings is 1. The Morgan fingerprint density at radius 3 is 2.71 bits per heavy atom. The fourth-order valence-corrected chi connectivity index (χ4v) is 6.10. The van der Waals surface area contributed by atoms with E-state index in [1.54, 1.807) is 6.92 Å². The van der Waals surface area contributed by atoms with Crippen molar-refractivity contribution in [3.63, 3.8) is 0 Å². The van der Waals surface area contributed by atoms with E-state index in [9.17, 15) is 18.0 Å². The zero-order chi connectivity index (χ0) is 22.2. The lowest BCUT2D eigenvalue weighted by atomic mass is 10.2. The Bertz CT molecular complexity index is 1310. The molecule has 0 N–H and O–H groups in total. The van der Waals surface area contributed by atoms with Gasteiger partial charge < -0.3 is 4.74 Å². The van der Waals surface area contributed by atoms with Gasteiger partial charge in [0.2, 0.25) is 10.0 Å². The molecule has 0 saturated carbocycles. The normalized spacial score (nSPS) is 15.3. The Hall–Kier alpha value is -2.27. The summed E-state index contributed by atoms with van der Waals surface area (Å²) in [6, 6.07) is 5.31. The van der Waals surface area contributed by atoms with E-state index in [1.165, 1.54) is 44.3 Å². The van der Waals surface area contributed by atoms with Crippen LogP contribution in [0.25, 0.3) is 4.96 Å². The molecule has 1 saturated heterocycles. The van der Waals surface area contributed by atoms with Crippen molar-refractivity contribution in [1.29, 1.82) is 0 Å². The first-order valence-electron chi connectivity index (χ1n) is 9.71. The average molecular weight is 482 g/mol. The van der Waals surface area contributed by atoms with Crippen molar-refractivity contribution in [2.24, 2.45) is 0 Å². The maximum Gasteiger partial charge on any atom is 0.340 e. The summed E-state index contributed by atoms with van der Waals surface area (Å²) in [5.41, 5.74) is 0.764. The molecule has 1 fully saturated rings. The summed E-state index contributed by atoms with van der Waals surface area (Å²) in [5.74, 6) is -0.787. The third-order valence-electron chi connectivity index (χ3n) is 5.09. The lowest BCUT2D eigenvalue weighted by molar-refractivity contribution is 0.0467. The Morgan fingerprint density at radius 1 is 1.23 bits per heavy atom. The predicted molar refractivity (Wildman–Crippen MR) is 117 cm³/mol. The second-order valence-corrected chi connectivity index (χ2v) is 10.4. The Kier molecular flexibility index (Phi) is 6.16. The number of carbonyl (C=O) groups excluding carboxylic acids is 1. The van der Waals surface area contributed by atoms with Crippen LogP contribution in [0.3, 0.4) is 0 Å². The summed E-state index contributed by atoms with van der Waals surface area (Å²) >= 11 is 7.45. The molecule has 0 unspecified atom stereocenters. The number of aryl methyl sites for hydroxylation is 1. The average Bonchev–Trinajstić information content (AvgIpc) is 3.14. The van der Waals surface area contributed by atoms with E-state index in [-0.39, 0.29) is 27.6 Å². The first-order valence-corrected chi connectivity index (χ1v) is 12.4. The molecule has 1 aliphatic heterocycles. The van der Waals surface area contributed by atoms with Crippen molar-refractivity contribution < 1.29 is 17.9 Å². The van der Waals surface area contributed by atoms with Gasteiger partial charge in [-0.3, -0.25) is 9.20 Å². The van der Waals surface area contributed by atoms with E-state index >= 15 is 0 Å². The van der Waals surface area contributed by atoms with E-state index in [0.29, 0.717) is 23.7 Å². The van der Waals surface area contributed by atoms with Gasteiger partial charge in [0.05, 0.1) is 21.2 Å². The van der Waals surface area contributed by atoms with Crippen LogP contribution in [0.4, 0.5) is 0 Å². The third kappa shape index (κ3) is 4.38. The molecule has 8 nitrogen and oxygen atoms in total. The molecule has 0 radical (unpaired) electrons. The maximum atomic E-state index is 12.9. The molecule has 11 heteroatoms. The monoisotopic (exact) mass is 481 g/mol. The van der Waals surface area contributed by atoms with Crippen LogP contribution in [0.15, 0.2) is 39.3 Å². The molecule has 164 valence electrons. The Balaban J connectivity index is 1.55. The first-order chi connectivity index (χ1) is 14.8. The number of benzene rings is 1. The summed E-state index contributed by atoms with van der Waals surface area (Å²) in [7, 11) is -3.72. The number of aromatic nitrogens is 2. The van der Waals surface area contributed by atoms with E-state index in [2.05, 4.69) is 4.98 Å². The number of rotatable bonds is 5. The summed E-state index contributed by atoms with van der Waals surface area (Å²) < 4.78 is 34.0. The molecule has 4 rings (SSSR count). The zero-order valence-electron chi connectivity index (χ0n) is 16.7. The van der Waals surface area contributed by atoms with Gasteiger partial charge in [0.15, 0.2) is 4.96 Å². The first kappa shape index (κ1) is 21.9. The topological polar surface area (TPSA) is 98.0 Å². The van der Waals surface area contributed by atoms with Gasteiger partial charge in [-0.25, -0.2) is 18.2 Å². The Labute approximate surface area is 188 Å². The molecule has 31 heavy (non-hydrogen) atoms. The highest BCUT2D eigenvalue weighted by molar-refractivity contribution is 7.89. The second-order valence-electron chi connectivity index (χ2n) is 7.26. The zero-order valence-corrected chi connectivity index (χ0v) is 19.1. The van der Waals surface area contributed by atoms with E-state index in [1.807, 2.05) is 5.38 Å². The number of sulfonamides is 1. The minimum atomic E-state index is -3.72. The molecular formula is C20H20ClN3O5S2. The van der Waals surface area contributed by atoms with Crippen LogP contribution >= 0.6 is 22.9 Å².